The van der Waals surface area contributed by atoms with Gasteiger partial charge in [-0.3, -0.25) is 0 Å². The third-order valence-electron chi connectivity index (χ3n) is 11.1. The fourth-order valence-corrected chi connectivity index (χ4v) is 12.4. The minimum absolute atomic E-state index is 0.645. The number of hydrogen-bond donors (Lipinski definition) is 0. The average molecular weight is 727 g/mol. The largest absolute Gasteiger partial charge is 0.309 e. The number of hydrogen-bond acceptors (Lipinski definition) is 0. The molecule has 3 heteroatoms. The van der Waals surface area contributed by atoms with Gasteiger partial charge in [-0.05, 0) is 84.0 Å². The van der Waals surface area contributed by atoms with Gasteiger partial charge in [0.2, 0.25) is 8.07 Å². The number of rotatable bonds is 5. The molecule has 1 heterocycles. The van der Waals surface area contributed by atoms with E-state index in [1.165, 1.54) is 31.9 Å². The van der Waals surface area contributed by atoms with Crippen LogP contribution in [0, 0.1) is 18.0 Å². The molecule has 260 valence electrons. The molecule has 0 radical (unpaired) electrons. The van der Waals surface area contributed by atoms with Crippen LogP contribution in [-0.4, -0.2) is 12.6 Å². The zero-order valence-corrected chi connectivity index (χ0v) is 31.5. The Labute approximate surface area is 327 Å². The van der Waals surface area contributed by atoms with Crippen LogP contribution in [0.25, 0.3) is 65.0 Å². The maximum Gasteiger partial charge on any atom is 0.230 e. The number of para-hydroxylation sites is 1. The summed E-state index contributed by atoms with van der Waals surface area (Å²) in [6.45, 7) is 7.66. The number of nitrogens with zero attached hydrogens (tertiary/aromatic N) is 2. The van der Waals surface area contributed by atoms with Crippen LogP contribution in [0.2, 0.25) is 0 Å². The zero-order chi connectivity index (χ0) is 37.5. The molecule has 0 N–H and O–H groups in total. The van der Waals surface area contributed by atoms with E-state index in [-0.39, 0.29) is 0 Å². The van der Waals surface area contributed by atoms with E-state index in [1.807, 2.05) is 12.1 Å². The molecule has 9 aromatic carbocycles. The molecule has 0 saturated carbocycles. The fraction of sp³-hybridized carbons (Fsp3) is 0. The van der Waals surface area contributed by atoms with Gasteiger partial charge in [-0.15, -0.1) is 5.54 Å². The number of benzene rings is 9. The molecule has 0 aliphatic rings. The van der Waals surface area contributed by atoms with Crippen LogP contribution in [0.5, 0.6) is 0 Å². The molecule has 56 heavy (non-hydrogen) atoms. The summed E-state index contributed by atoms with van der Waals surface area (Å²) in [6.07, 6.45) is 0. The number of fused-ring (bicyclic) bond motifs is 5. The summed E-state index contributed by atoms with van der Waals surface area (Å²) in [4.78, 5) is 3.73. The Morgan fingerprint density at radius 1 is 0.429 bits per heavy atom. The Morgan fingerprint density at radius 3 is 1.50 bits per heavy atom. The highest BCUT2D eigenvalue weighted by atomic mass is 28.3. The smallest absolute Gasteiger partial charge is 0.230 e. The van der Waals surface area contributed by atoms with E-state index in [9.17, 15) is 0 Å². The third-order valence-corrected chi connectivity index (χ3v) is 15.2. The van der Waals surface area contributed by atoms with E-state index in [0.717, 1.165) is 49.4 Å². The molecular formula is C53H34N2Si. The van der Waals surface area contributed by atoms with Gasteiger partial charge in [0.25, 0.3) is 0 Å². The lowest BCUT2D eigenvalue weighted by Gasteiger charge is -2.28. The quantitative estimate of drug-likeness (QED) is 0.0549. The fourth-order valence-electron chi connectivity index (χ4n) is 8.62. The highest BCUT2D eigenvalue weighted by Crippen LogP contribution is 2.41. The van der Waals surface area contributed by atoms with Gasteiger partial charge in [0.1, 0.15) is 0 Å². The van der Waals surface area contributed by atoms with Crippen molar-refractivity contribution in [1.29, 1.82) is 0 Å². The minimum atomic E-state index is -2.83. The van der Waals surface area contributed by atoms with E-state index < -0.39 is 8.07 Å². The Kier molecular flexibility index (Phi) is 8.15. The van der Waals surface area contributed by atoms with Gasteiger partial charge in [0, 0.05) is 16.6 Å². The molecule has 0 aliphatic carbocycles. The van der Waals surface area contributed by atoms with Crippen LogP contribution in [0.3, 0.4) is 0 Å². The number of aromatic nitrogens is 1. The second kappa shape index (κ2) is 13.8. The average Bonchev–Trinajstić information content (AvgIpc) is 3.61. The van der Waals surface area contributed by atoms with Crippen molar-refractivity contribution >= 4 is 72.7 Å². The first-order chi connectivity index (χ1) is 27.7. The van der Waals surface area contributed by atoms with Gasteiger partial charge in [0.15, 0.2) is 5.69 Å². The molecule has 10 rings (SSSR count). The van der Waals surface area contributed by atoms with E-state index in [0.29, 0.717) is 5.69 Å². The summed E-state index contributed by atoms with van der Waals surface area (Å²) >= 11 is 0. The van der Waals surface area contributed by atoms with Crippen LogP contribution in [0.4, 0.5) is 5.69 Å². The van der Waals surface area contributed by atoms with E-state index in [1.54, 1.807) is 0 Å². The van der Waals surface area contributed by atoms with Gasteiger partial charge in [-0.1, -0.05) is 182 Å². The molecule has 0 unspecified atom stereocenters. The second-order valence-electron chi connectivity index (χ2n) is 14.2. The lowest BCUT2D eigenvalue weighted by atomic mass is 9.88. The van der Waals surface area contributed by atoms with Crippen molar-refractivity contribution in [2.45, 2.75) is 0 Å². The first kappa shape index (κ1) is 33.2. The normalized spacial score (nSPS) is 11.4. The monoisotopic (exact) mass is 726 g/mol. The molecule has 0 amide bonds. The molecular weight excluding hydrogens is 693 g/mol. The van der Waals surface area contributed by atoms with Crippen LogP contribution in [0.1, 0.15) is 5.56 Å². The summed E-state index contributed by atoms with van der Waals surface area (Å²) in [5, 5.41) is 10.6. The van der Waals surface area contributed by atoms with Gasteiger partial charge < -0.3 is 4.57 Å². The predicted octanol–water partition coefficient (Wildman–Crippen LogP) is 11.4. The molecule has 0 saturated heterocycles. The Morgan fingerprint density at radius 2 is 0.929 bits per heavy atom. The van der Waals surface area contributed by atoms with Crippen LogP contribution >= 0.6 is 0 Å². The first-order valence-corrected chi connectivity index (χ1v) is 20.9. The van der Waals surface area contributed by atoms with Crippen molar-refractivity contribution in [3.05, 3.63) is 223 Å². The summed E-state index contributed by atoms with van der Waals surface area (Å²) in [5.41, 5.74) is 11.4. The van der Waals surface area contributed by atoms with Crippen LogP contribution in [0.15, 0.2) is 206 Å². The maximum atomic E-state index is 7.66. The minimum Gasteiger partial charge on any atom is -0.309 e. The zero-order valence-electron chi connectivity index (χ0n) is 30.5. The first-order valence-electron chi connectivity index (χ1n) is 18.9. The Bertz CT molecular complexity index is 3050. The molecule has 0 spiro atoms. The van der Waals surface area contributed by atoms with Gasteiger partial charge >= 0.3 is 0 Å². The lowest BCUT2D eigenvalue weighted by Crippen LogP contribution is -2.66. The summed E-state index contributed by atoms with van der Waals surface area (Å²) < 4.78 is 2.33. The van der Waals surface area contributed by atoms with Crippen molar-refractivity contribution in [1.82, 2.24) is 4.57 Å². The third kappa shape index (κ3) is 5.34. The predicted molar refractivity (Wildman–Crippen MR) is 238 cm³/mol. The molecule has 10 aromatic rings. The molecule has 0 atom stereocenters. The Hall–Kier alpha value is -7.43. The highest BCUT2D eigenvalue weighted by molar-refractivity contribution is 7.16. The molecule has 0 aliphatic heterocycles. The van der Waals surface area contributed by atoms with Crippen molar-refractivity contribution in [2.24, 2.45) is 0 Å². The SMILES string of the molecule is [C-]#[N+]c1ccc2c(c1)c1ccccc1n2-c1cccc(-c2c3ccccc3c(C#C[Si](c3ccccc3)(c3ccccc3)c3ccccc3)c3ccccc23)c1. The molecule has 0 fully saturated rings. The molecule has 0 bridgehead atoms. The van der Waals surface area contributed by atoms with Crippen molar-refractivity contribution in [2.75, 3.05) is 0 Å². The highest BCUT2D eigenvalue weighted by Gasteiger charge is 2.38. The summed E-state index contributed by atoms with van der Waals surface area (Å²) in [7, 11) is -2.83. The van der Waals surface area contributed by atoms with Gasteiger partial charge in [0.05, 0.1) is 17.6 Å². The van der Waals surface area contributed by atoms with E-state index >= 15 is 0 Å². The molecule has 2 nitrogen and oxygen atoms in total. The standard InChI is InChI=1S/C53H34N2Si/c1-54-39-32-33-52-50(37-39)47-28-15-16-31-51(47)55(52)40-19-17-18-38(36-40)53-48-29-13-11-26-44(48)46(45-27-12-14-30-49(45)53)34-35-56(41-20-5-2-6-21-41,42-22-7-3-8-23-42)43-24-9-4-10-25-43/h2-33,36-37H. The lowest BCUT2D eigenvalue weighted by molar-refractivity contribution is 1.18. The topological polar surface area (TPSA) is 9.29 Å². The van der Waals surface area contributed by atoms with Gasteiger partial charge in [-0.25, -0.2) is 4.85 Å². The van der Waals surface area contributed by atoms with Gasteiger partial charge in [-0.2, -0.15) is 0 Å². The Balaban J connectivity index is 1.23. The van der Waals surface area contributed by atoms with E-state index in [4.69, 9.17) is 6.57 Å². The van der Waals surface area contributed by atoms with Crippen LogP contribution in [-0.2, 0) is 0 Å². The van der Waals surface area contributed by atoms with Crippen molar-refractivity contribution < 1.29 is 0 Å². The molecule has 1 aromatic heterocycles. The van der Waals surface area contributed by atoms with E-state index in [2.05, 4.69) is 215 Å². The summed E-state index contributed by atoms with van der Waals surface area (Å²) in [6, 6.07) is 73.5. The van der Waals surface area contributed by atoms with Crippen molar-refractivity contribution in [3.8, 4) is 28.3 Å². The van der Waals surface area contributed by atoms with Crippen molar-refractivity contribution in [3.63, 3.8) is 0 Å². The second-order valence-corrected chi connectivity index (χ2v) is 17.6. The van der Waals surface area contributed by atoms with Crippen LogP contribution < -0.4 is 15.6 Å². The maximum absolute atomic E-state index is 7.66. The summed E-state index contributed by atoms with van der Waals surface area (Å²) in [5.74, 6) is 3.92.